The Kier molecular flexibility index (Phi) is 8.31. The van der Waals surface area contributed by atoms with Gasteiger partial charge in [0.15, 0.2) is 11.5 Å². The lowest BCUT2D eigenvalue weighted by atomic mass is 10.1. The highest BCUT2D eigenvalue weighted by atomic mass is 127. The number of carbonyl (C=O) groups excluding carboxylic acids is 2. The molecule has 1 heterocycles. The Morgan fingerprint density at radius 2 is 1.71 bits per heavy atom. The van der Waals surface area contributed by atoms with E-state index in [0.29, 0.717) is 38.6 Å². The molecular formula is C26H20Cl2INO4S. The fourth-order valence-electron chi connectivity index (χ4n) is 3.41. The van der Waals surface area contributed by atoms with Crippen molar-refractivity contribution in [1.29, 1.82) is 0 Å². The normalized spacial score (nSPS) is 14.7. The van der Waals surface area contributed by atoms with Gasteiger partial charge >= 0.3 is 0 Å². The molecule has 3 aromatic carbocycles. The molecule has 0 atom stereocenters. The van der Waals surface area contributed by atoms with Gasteiger partial charge in [-0.15, -0.1) is 0 Å². The van der Waals surface area contributed by atoms with Gasteiger partial charge in [-0.1, -0.05) is 59.1 Å². The molecule has 0 unspecified atom stereocenters. The van der Waals surface area contributed by atoms with E-state index in [1.54, 1.807) is 37.5 Å². The summed E-state index contributed by atoms with van der Waals surface area (Å²) in [5.74, 6) is 0.809. The van der Waals surface area contributed by atoms with Crippen molar-refractivity contribution in [1.82, 2.24) is 4.90 Å². The van der Waals surface area contributed by atoms with Crippen LogP contribution in [0.2, 0.25) is 10.0 Å². The predicted molar refractivity (Wildman–Crippen MR) is 149 cm³/mol. The smallest absolute Gasteiger partial charge is 0.293 e. The van der Waals surface area contributed by atoms with Crippen molar-refractivity contribution in [3.05, 3.63) is 95.4 Å². The van der Waals surface area contributed by atoms with Crippen LogP contribution in [0, 0.1) is 10.5 Å². The quantitative estimate of drug-likeness (QED) is 0.196. The summed E-state index contributed by atoms with van der Waals surface area (Å²) < 4.78 is 12.4. The average molecular weight is 640 g/mol. The van der Waals surface area contributed by atoms with Gasteiger partial charge in [0, 0.05) is 0 Å². The molecule has 0 saturated carbocycles. The van der Waals surface area contributed by atoms with Crippen molar-refractivity contribution in [2.24, 2.45) is 0 Å². The fourth-order valence-corrected chi connectivity index (χ4v) is 5.35. The number of imide groups is 1. The third-order valence-corrected chi connectivity index (χ3v) is 7.70. The number of methoxy groups -OCH3 is 1. The summed E-state index contributed by atoms with van der Waals surface area (Å²) in [4.78, 5) is 27.0. The minimum absolute atomic E-state index is 0.117. The van der Waals surface area contributed by atoms with Crippen LogP contribution >= 0.6 is 57.6 Å². The summed E-state index contributed by atoms with van der Waals surface area (Å²) in [5, 5.41) is 0.448. The summed E-state index contributed by atoms with van der Waals surface area (Å²) in [6.07, 6.45) is 1.69. The first-order valence-electron chi connectivity index (χ1n) is 10.5. The van der Waals surface area contributed by atoms with Crippen LogP contribution in [0.5, 0.6) is 11.5 Å². The Balaban J connectivity index is 1.52. The van der Waals surface area contributed by atoms with Crippen molar-refractivity contribution in [2.75, 3.05) is 7.11 Å². The molecule has 180 valence electrons. The van der Waals surface area contributed by atoms with Gasteiger partial charge in [0.2, 0.25) is 0 Å². The number of ether oxygens (including phenoxy) is 2. The zero-order valence-electron chi connectivity index (χ0n) is 18.8. The van der Waals surface area contributed by atoms with Crippen LogP contribution in [0.25, 0.3) is 6.08 Å². The zero-order valence-corrected chi connectivity index (χ0v) is 23.3. The molecule has 0 aliphatic carbocycles. The SMILES string of the molecule is COc1cc(/C=C2\SC(=O)N(Cc3ccc(Cl)c(Cl)c3)C2=O)cc(I)c1OCc1ccc(C)cc1. The molecule has 0 aromatic heterocycles. The Bertz CT molecular complexity index is 1330. The van der Waals surface area contributed by atoms with Gasteiger partial charge in [-0.3, -0.25) is 14.5 Å². The summed E-state index contributed by atoms with van der Waals surface area (Å²) in [6, 6.07) is 16.8. The molecule has 1 aliphatic heterocycles. The Morgan fingerprint density at radius 1 is 1.00 bits per heavy atom. The number of carbonyl (C=O) groups is 2. The second kappa shape index (κ2) is 11.2. The van der Waals surface area contributed by atoms with Gasteiger partial charge in [-0.2, -0.15) is 0 Å². The molecule has 35 heavy (non-hydrogen) atoms. The van der Waals surface area contributed by atoms with Gasteiger partial charge in [-0.05, 0) is 88.3 Å². The third kappa shape index (κ3) is 6.14. The second-order valence-corrected chi connectivity index (χ2v) is 10.8. The van der Waals surface area contributed by atoms with Gasteiger partial charge < -0.3 is 9.47 Å². The first-order valence-corrected chi connectivity index (χ1v) is 13.2. The number of thioether (sulfide) groups is 1. The number of hydrogen-bond donors (Lipinski definition) is 0. The summed E-state index contributed by atoms with van der Waals surface area (Å²) in [6.45, 7) is 2.56. The van der Waals surface area contributed by atoms with Gasteiger partial charge in [0.25, 0.3) is 11.1 Å². The van der Waals surface area contributed by atoms with Crippen LogP contribution in [0.15, 0.2) is 59.5 Å². The zero-order chi connectivity index (χ0) is 25.1. The van der Waals surface area contributed by atoms with E-state index < -0.39 is 0 Å². The van der Waals surface area contributed by atoms with E-state index >= 15 is 0 Å². The van der Waals surface area contributed by atoms with E-state index in [4.69, 9.17) is 32.7 Å². The van der Waals surface area contributed by atoms with Crippen molar-refractivity contribution in [3.63, 3.8) is 0 Å². The van der Waals surface area contributed by atoms with Crippen LogP contribution in [-0.4, -0.2) is 23.2 Å². The maximum atomic E-state index is 13.0. The molecular weight excluding hydrogens is 620 g/mol. The molecule has 9 heteroatoms. The van der Waals surface area contributed by atoms with E-state index in [1.807, 2.05) is 37.3 Å². The molecule has 1 fully saturated rings. The molecule has 1 saturated heterocycles. The van der Waals surface area contributed by atoms with Crippen LogP contribution in [-0.2, 0) is 17.9 Å². The van der Waals surface area contributed by atoms with Crippen molar-refractivity contribution in [3.8, 4) is 11.5 Å². The number of aryl methyl sites for hydroxylation is 1. The van der Waals surface area contributed by atoms with E-state index in [9.17, 15) is 9.59 Å². The van der Waals surface area contributed by atoms with Crippen molar-refractivity contribution < 1.29 is 19.1 Å². The van der Waals surface area contributed by atoms with E-state index in [0.717, 1.165) is 26.5 Å². The fraction of sp³-hybridized carbons (Fsp3) is 0.154. The van der Waals surface area contributed by atoms with Crippen LogP contribution in [0.1, 0.15) is 22.3 Å². The predicted octanol–water partition coefficient (Wildman–Crippen LogP) is 7.73. The largest absolute Gasteiger partial charge is 0.493 e. The van der Waals surface area contributed by atoms with E-state index in [2.05, 4.69) is 22.6 Å². The van der Waals surface area contributed by atoms with Crippen LogP contribution < -0.4 is 9.47 Å². The first kappa shape index (κ1) is 25.9. The maximum absolute atomic E-state index is 13.0. The Morgan fingerprint density at radius 3 is 2.40 bits per heavy atom. The molecule has 0 bridgehead atoms. The van der Waals surface area contributed by atoms with Crippen LogP contribution in [0.3, 0.4) is 0 Å². The average Bonchev–Trinajstić information content (AvgIpc) is 3.08. The van der Waals surface area contributed by atoms with Crippen LogP contribution in [0.4, 0.5) is 4.79 Å². The second-order valence-electron chi connectivity index (χ2n) is 7.82. The van der Waals surface area contributed by atoms with E-state index in [1.165, 1.54) is 10.5 Å². The molecule has 2 amide bonds. The number of nitrogens with zero attached hydrogens (tertiary/aromatic N) is 1. The van der Waals surface area contributed by atoms with E-state index in [-0.39, 0.29) is 17.7 Å². The van der Waals surface area contributed by atoms with Crippen molar-refractivity contribution >= 4 is 74.8 Å². The molecule has 0 spiro atoms. The number of benzene rings is 3. The molecule has 4 rings (SSSR count). The number of halogens is 3. The third-order valence-electron chi connectivity index (χ3n) is 5.25. The lowest BCUT2D eigenvalue weighted by Gasteiger charge is -2.14. The summed E-state index contributed by atoms with van der Waals surface area (Å²) in [5.41, 5.74) is 3.68. The first-order chi connectivity index (χ1) is 16.7. The molecule has 1 aliphatic rings. The lowest BCUT2D eigenvalue weighted by molar-refractivity contribution is -0.123. The monoisotopic (exact) mass is 639 g/mol. The van der Waals surface area contributed by atoms with Gasteiger partial charge in [-0.25, -0.2) is 0 Å². The Labute approximate surface area is 231 Å². The molecule has 0 radical (unpaired) electrons. The standard InChI is InChI=1S/C26H20Cl2INO4S/c1-15-3-5-16(6-4-15)14-34-24-21(29)10-18(11-22(24)33-2)12-23-25(31)30(26(32)35-23)13-17-7-8-19(27)20(28)9-17/h3-12H,13-14H2,1-2H3/b23-12-. The highest BCUT2D eigenvalue weighted by Gasteiger charge is 2.35. The summed E-state index contributed by atoms with van der Waals surface area (Å²) in [7, 11) is 1.57. The minimum Gasteiger partial charge on any atom is -0.493 e. The number of amides is 2. The highest BCUT2D eigenvalue weighted by Crippen LogP contribution is 2.38. The number of hydrogen-bond acceptors (Lipinski definition) is 5. The lowest BCUT2D eigenvalue weighted by Crippen LogP contribution is -2.27. The topological polar surface area (TPSA) is 55.8 Å². The number of rotatable bonds is 7. The molecule has 3 aromatic rings. The summed E-state index contributed by atoms with van der Waals surface area (Å²) >= 11 is 15.1. The van der Waals surface area contributed by atoms with Crippen molar-refractivity contribution in [2.45, 2.75) is 20.1 Å². The Hall–Kier alpha value is -2.20. The highest BCUT2D eigenvalue weighted by molar-refractivity contribution is 14.1. The van der Waals surface area contributed by atoms with Gasteiger partial charge in [0.1, 0.15) is 6.61 Å². The molecule has 0 N–H and O–H groups in total. The maximum Gasteiger partial charge on any atom is 0.293 e. The minimum atomic E-state index is -0.361. The van der Waals surface area contributed by atoms with Gasteiger partial charge in [0.05, 0.1) is 32.2 Å². The molecule has 5 nitrogen and oxygen atoms in total.